The number of halogens is 5. The van der Waals surface area contributed by atoms with Gasteiger partial charge in [0.25, 0.3) is 0 Å². The van der Waals surface area contributed by atoms with Crippen LogP contribution < -0.4 is 0 Å². The van der Waals surface area contributed by atoms with E-state index in [1.54, 1.807) is 19.1 Å². The van der Waals surface area contributed by atoms with Crippen molar-refractivity contribution in [2.45, 2.75) is 44.4 Å². The van der Waals surface area contributed by atoms with E-state index in [1.165, 1.54) is 24.5 Å². The predicted molar refractivity (Wildman–Crippen MR) is 112 cm³/mol. The Labute approximate surface area is 187 Å². The van der Waals surface area contributed by atoms with Gasteiger partial charge < -0.3 is 9.47 Å². The Balaban J connectivity index is 1.75. The highest BCUT2D eigenvalue weighted by molar-refractivity contribution is 6.34. The van der Waals surface area contributed by atoms with Gasteiger partial charge in [-0.05, 0) is 72.7 Å². The minimum absolute atomic E-state index is 0.0999. The highest BCUT2D eigenvalue weighted by atomic mass is 35.5. The number of fused-ring (bicyclic) bond motifs is 1. The largest absolute Gasteiger partial charge is 0.480 e. The molecule has 0 radical (unpaired) electrons. The molecule has 2 aromatic carbocycles. The van der Waals surface area contributed by atoms with Crippen LogP contribution in [0.2, 0.25) is 10.0 Å². The fourth-order valence-electron chi connectivity index (χ4n) is 4.38. The van der Waals surface area contributed by atoms with Gasteiger partial charge in [0.2, 0.25) is 5.60 Å². The number of alkyl halides is 3. The molecule has 1 heterocycles. The van der Waals surface area contributed by atoms with Crippen molar-refractivity contribution in [1.29, 1.82) is 0 Å². The molecule has 0 saturated heterocycles. The van der Waals surface area contributed by atoms with Crippen molar-refractivity contribution in [3.63, 3.8) is 0 Å². The standard InChI is InChI=1S/C23H19Cl2F3O3/c1-2-30-21(29)20-7-6-17(18-4-3-5-19(18)20)13-11-22(31-12-13,23(26,27)28)14-8-15(24)10-16(25)9-14/h6-10,12H,2-5,11H2,1H3. The Morgan fingerprint density at radius 3 is 2.45 bits per heavy atom. The minimum Gasteiger partial charge on any atom is -0.480 e. The van der Waals surface area contributed by atoms with Crippen LogP contribution in [-0.4, -0.2) is 18.8 Å². The summed E-state index contributed by atoms with van der Waals surface area (Å²) in [6, 6.07) is 7.14. The van der Waals surface area contributed by atoms with Gasteiger partial charge in [0.15, 0.2) is 0 Å². The van der Waals surface area contributed by atoms with Crippen LogP contribution in [0.5, 0.6) is 0 Å². The van der Waals surface area contributed by atoms with Gasteiger partial charge in [-0.15, -0.1) is 0 Å². The number of carbonyl (C=O) groups excluding carboxylic acids is 1. The lowest BCUT2D eigenvalue weighted by Crippen LogP contribution is -2.42. The summed E-state index contributed by atoms with van der Waals surface area (Å²) < 4.78 is 53.3. The molecule has 2 aromatic rings. The van der Waals surface area contributed by atoms with Crippen LogP contribution in [0.1, 0.15) is 52.4 Å². The molecule has 0 saturated carbocycles. The molecule has 0 bridgehead atoms. The molecule has 0 fully saturated rings. The van der Waals surface area contributed by atoms with Gasteiger partial charge in [-0.1, -0.05) is 29.3 Å². The Hall–Kier alpha value is -2.18. The molecule has 164 valence electrons. The van der Waals surface area contributed by atoms with Gasteiger partial charge in [0.1, 0.15) is 0 Å². The van der Waals surface area contributed by atoms with Crippen molar-refractivity contribution >= 4 is 34.7 Å². The van der Waals surface area contributed by atoms with Crippen molar-refractivity contribution in [1.82, 2.24) is 0 Å². The van der Waals surface area contributed by atoms with Gasteiger partial charge in [0.05, 0.1) is 18.4 Å². The zero-order valence-corrected chi connectivity index (χ0v) is 18.1. The normalized spacial score (nSPS) is 20.3. The summed E-state index contributed by atoms with van der Waals surface area (Å²) >= 11 is 12.0. The third-order valence-corrected chi connectivity index (χ3v) is 6.19. The summed E-state index contributed by atoms with van der Waals surface area (Å²) in [5, 5.41) is 0.200. The minimum atomic E-state index is -4.70. The summed E-state index contributed by atoms with van der Waals surface area (Å²) in [6.07, 6.45) is -1.77. The third kappa shape index (κ3) is 3.80. The van der Waals surface area contributed by atoms with E-state index < -0.39 is 24.2 Å². The fourth-order valence-corrected chi connectivity index (χ4v) is 4.90. The zero-order valence-electron chi connectivity index (χ0n) is 16.6. The van der Waals surface area contributed by atoms with E-state index in [9.17, 15) is 18.0 Å². The first-order chi connectivity index (χ1) is 14.7. The first-order valence-corrected chi connectivity index (χ1v) is 10.6. The Kier molecular flexibility index (Phi) is 5.73. The highest BCUT2D eigenvalue weighted by Crippen LogP contribution is 2.53. The molecule has 0 spiro atoms. The number of ether oxygens (including phenoxy) is 2. The zero-order chi connectivity index (χ0) is 22.4. The van der Waals surface area contributed by atoms with Crippen LogP contribution in [0, 0.1) is 0 Å². The van der Waals surface area contributed by atoms with Crippen LogP contribution in [-0.2, 0) is 27.9 Å². The summed E-state index contributed by atoms with van der Waals surface area (Å²) in [5.41, 5.74) is 0.545. The van der Waals surface area contributed by atoms with Gasteiger partial charge >= 0.3 is 12.1 Å². The molecular weight excluding hydrogens is 452 g/mol. The number of hydrogen-bond donors (Lipinski definition) is 0. The number of hydrogen-bond acceptors (Lipinski definition) is 3. The maximum atomic E-state index is 14.3. The van der Waals surface area contributed by atoms with E-state index in [-0.39, 0.29) is 22.2 Å². The van der Waals surface area contributed by atoms with Crippen LogP contribution in [0.4, 0.5) is 13.2 Å². The summed E-state index contributed by atoms with van der Waals surface area (Å²) in [5.74, 6) is -0.415. The van der Waals surface area contributed by atoms with Gasteiger partial charge in [-0.25, -0.2) is 4.79 Å². The van der Waals surface area contributed by atoms with Crippen molar-refractivity contribution in [2.24, 2.45) is 0 Å². The average Bonchev–Trinajstić information content (AvgIpc) is 3.34. The lowest BCUT2D eigenvalue weighted by molar-refractivity contribution is -0.260. The van der Waals surface area contributed by atoms with Crippen LogP contribution in [0.25, 0.3) is 5.57 Å². The number of carbonyl (C=O) groups is 1. The number of benzene rings is 2. The van der Waals surface area contributed by atoms with Gasteiger partial charge in [-0.3, -0.25) is 0 Å². The topological polar surface area (TPSA) is 35.5 Å². The second kappa shape index (κ2) is 8.06. The average molecular weight is 471 g/mol. The van der Waals surface area contributed by atoms with Crippen molar-refractivity contribution in [2.75, 3.05) is 6.61 Å². The Bertz CT molecular complexity index is 1060. The van der Waals surface area contributed by atoms with Crippen molar-refractivity contribution < 1.29 is 27.4 Å². The van der Waals surface area contributed by atoms with Crippen molar-refractivity contribution in [3.8, 4) is 0 Å². The lowest BCUT2D eigenvalue weighted by atomic mass is 9.84. The lowest BCUT2D eigenvalue weighted by Gasteiger charge is -2.32. The molecule has 0 amide bonds. The molecule has 8 heteroatoms. The Morgan fingerprint density at radius 2 is 1.81 bits per heavy atom. The van der Waals surface area contributed by atoms with Crippen molar-refractivity contribution in [3.05, 3.63) is 74.5 Å². The smallest absolute Gasteiger partial charge is 0.432 e. The molecule has 3 nitrogen and oxygen atoms in total. The molecular formula is C23H19Cl2F3O3. The van der Waals surface area contributed by atoms with E-state index in [1.807, 2.05) is 0 Å². The fraction of sp³-hybridized carbons (Fsp3) is 0.348. The first-order valence-electron chi connectivity index (χ1n) is 9.88. The Morgan fingerprint density at radius 1 is 1.13 bits per heavy atom. The maximum Gasteiger partial charge on any atom is 0.432 e. The molecule has 2 aliphatic rings. The molecule has 0 aromatic heterocycles. The summed E-state index contributed by atoms with van der Waals surface area (Å²) in [6.45, 7) is 1.98. The molecule has 0 N–H and O–H groups in total. The number of rotatable bonds is 4. The predicted octanol–water partition coefficient (Wildman–Crippen LogP) is 6.88. The summed E-state index contributed by atoms with van der Waals surface area (Å²) in [7, 11) is 0. The monoisotopic (exact) mass is 470 g/mol. The maximum absolute atomic E-state index is 14.3. The first kappa shape index (κ1) is 22.0. The molecule has 31 heavy (non-hydrogen) atoms. The SMILES string of the molecule is CCOC(=O)c1ccc(C2=COC(c3cc(Cl)cc(Cl)c3)(C(F)(F)F)C2)c2c1CCC2. The summed E-state index contributed by atoms with van der Waals surface area (Å²) in [4.78, 5) is 12.3. The van der Waals surface area contributed by atoms with E-state index in [0.717, 1.165) is 17.5 Å². The molecule has 1 aliphatic heterocycles. The number of esters is 1. The third-order valence-electron chi connectivity index (χ3n) is 5.75. The van der Waals surface area contributed by atoms with Crippen LogP contribution >= 0.6 is 23.2 Å². The molecule has 1 unspecified atom stereocenters. The van der Waals surface area contributed by atoms with Crippen LogP contribution in [0.3, 0.4) is 0 Å². The van der Waals surface area contributed by atoms with E-state index >= 15 is 0 Å². The second-order valence-corrected chi connectivity index (χ2v) is 8.49. The van der Waals surface area contributed by atoms with E-state index in [2.05, 4.69) is 0 Å². The quantitative estimate of drug-likeness (QED) is 0.457. The van der Waals surface area contributed by atoms with Gasteiger partial charge in [-0.2, -0.15) is 13.2 Å². The van der Waals surface area contributed by atoms with Gasteiger partial charge in [0, 0.05) is 22.0 Å². The second-order valence-electron chi connectivity index (χ2n) is 7.61. The molecule has 1 aliphatic carbocycles. The molecule has 4 rings (SSSR count). The van der Waals surface area contributed by atoms with Crippen LogP contribution in [0.15, 0.2) is 36.6 Å². The van der Waals surface area contributed by atoms with E-state index in [4.69, 9.17) is 32.7 Å². The van der Waals surface area contributed by atoms with E-state index in [0.29, 0.717) is 29.5 Å². The highest BCUT2D eigenvalue weighted by Gasteiger charge is 2.60. The molecule has 1 atom stereocenters.